The van der Waals surface area contributed by atoms with Crippen LogP contribution >= 0.6 is 0 Å². The Morgan fingerprint density at radius 3 is 1.62 bits per heavy atom. The van der Waals surface area contributed by atoms with Gasteiger partial charge in [-0.15, -0.1) is 0 Å². The van der Waals surface area contributed by atoms with Crippen molar-refractivity contribution < 1.29 is 124 Å². The van der Waals surface area contributed by atoms with E-state index < -0.39 is 192 Å². The summed E-state index contributed by atoms with van der Waals surface area (Å²) in [5.74, 6) is -1.49. The van der Waals surface area contributed by atoms with Crippen LogP contribution in [0.3, 0.4) is 0 Å². The van der Waals surface area contributed by atoms with Crippen molar-refractivity contribution in [3.05, 3.63) is 0 Å². The molecule has 24 atom stereocenters. The molecule has 5 fully saturated rings. The molecule has 27 nitrogen and oxygen atoms in total. The van der Waals surface area contributed by atoms with E-state index in [2.05, 4.69) is 10.6 Å². The third-order valence-electron chi connectivity index (χ3n) is 11.0. The number of carbonyl (C=O) groups is 2. The van der Waals surface area contributed by atoms with Crippen LogP contribution in [0, 0.1) is 0 Å². The summed E-state index contributed by atoms with van der Waals surface area (Å²) >= 11 is 0. The maximum absolute atomic E-state index is 12.6. The van der Waals surface area contributed by atoms with E-state index in [9.17, 15) is 81.1 Å². The second kappa shape index (κ2) is 21.8. The Hall–Kier alpha value is -1.98. The van der Waals surface area contributed by atoms with Crippen LogP contribution in [0.25, 0.3) is 0 Å². The summed E-state index contributed by atoms with van der Waals surface area (Å²) in [6.45, 7) is -1.95. The molecule has 27 heteroatoms. The van der Waals surface area contributed by atoms with Crippen molar-refractivity contribution in [1.82, 2.24) is 10.6 Å². The van der Waals surface area contributed by atoms with Gasteiger partial charge in [-0.25, -0.2) is 0 Å². The molecule has 0 radical (unpaired) electrons. The highest BCUT2D eigenvalue weighted by molar-refractivity contribution is 5.73. The van der Waals surface area contributed by atoms with Crippen molar-refractivity contribution in [3.63, 3.8) is 0 Å². The number of amides is 2. The van der Waals surface area contributed by atoms with Crippen molar-refractivity contribution in [2.75, 3.05) is 33.0 Å². The molecule has 354 valence electrons. The van der Waals surface area contributed by atoms with Crippen molar-refractivity contribution in [1.29, 1.82) is 0 Å². The van der Waals surface area contributed by atoms with Crippen LogP contribution in [-0.4, -0.2) is 264 Å². The Kier molecular flexibility index (Phi) is 17.9. The van der Waals surface area contributed by atoms with E-state index in [1.165, 1.54) is 0 Å². The minimum absolute atomic E-state index is 0.199. The summed E-state index contributed by atoms with van der Waals surface area (Å²) < 4.78 is 51.4. The highest BCUT2D eigenvalue weighted by Gasteiger charge is 2.56. The van der Waals surface area contributed by atoms with Crippen molar-refractivity contribution >= 4 is 11.8 Å². The van der Waals surface area contributed by atoms with Gasteiger partial charge in [0.15, 0.2) is 31.5 Å². The molecule has 5 aliphatic heterocycles. The number of hydrogen-bond acceptors (Lipinski definition) is 25. The molecular formula is C34H58N2O25. The first-order chi connectivity index (χ1) is 28.8. The van der Waals surface area contributed by atoms with Gasteiger partial charge in [-0.3, -0.25) is 9.59 Å². The van der Waals surface area contributed by atoms with Crippen molar-refractivity contribution in [3.8, 4) is 0 Å². The smallest absolute Gasteiger partial charge is 0.217 e. The van der Waals surface area contributed by atoms with E-state index in [4.69, 9.17) is 42.6 Å². The van der Waals surface area contributed by atoms with Crippen molar-refractivity contribution in [2.24, 2.45) is 0 Å². The minimum atomic E-state index is -2.17. The maximum Gasteiger partial charge on any atom is 0.217 e. The topological polar surface area (TPSA) is 424 Å². The Balaban J connectivity index is 1.47. The normalized spacial score (nSPS) is 48.3. The van der Waals surface area contributed by atoms with Gasteiger partial charge in [0, 0.05) is 20.3 Å². The summed E-state index contributed by atoms with van der Waals surface area (Å²) in [6, 6.07) is -3.13. The first-order valence-corrected chi connectivity index (χ1v) is 19.5. The van der Waals surface area contributed by atoms with Gasteiger partial charge >= 0.3 is 0 Å². The second-order valence-corrected chi connectivity index (χ2v) is 15.4. The molecule has 0 aromatic carbocycles. The molecule has 61 heavy (non-hydrogen) atoms. The number of aliphatic hydroxyl groups excluding tert-OH is 14. The molecule has 0 unspecified atom stereocenters. The summed E-state index contributed by atoms with van der Waals surface area (Å²) in [6.07, 6.45) is -39.1. The molecular weight excluding hydrogens is 836 g/mol. The lowest BCUT2D eigenvalue weighted by Crippen LogP contribution is -2.70. The van der Waals surface area contributed by atoms with Crippen LogP contribution < -0.4 is 10.6 Å². The molecule has 5 rings (SSSR count). The molecule has 5 heterocycles. The Labute approximate surface area is 346 Å². The first-order valence-electron chi connectivity index (χ1n) is 19.5. The highest BCUT2D eigenvalue weighted by Crippen LogP contribution is 2.35. The quantitative estimate of drug-likeness (QED) is 0.0726. The van der Waals surface area contributed by atoms with Gasteiger partial charge in [-0.2, -0.15) is 0 Å². The molecule has 0 bridgehead atoms. The zero-order valence-corrected chi connectivity index (χ0v) is 32.9. The molecule has 2 amide bonds. The van der Waals surface area contributed by atoms with E-state index in [0.29, 0.717) is 0 Å². The molecule has 0 aliphatic carbocycles. The maximum atomic E-state index is 12.6. The van der Waals surface area contributed by atoms with Crippen molar-refractivity contribution in [2.45, 2.75) is 168 Å². The molecule has 0 saturated carbocycles. The van der Waals surface area contributed by atoms with Gasteiger partial charge in [-0.05, 0) is 0 Å². The lowest BCUT2D eigenvalue weighted by Gasteiger charge is -2.50. The van der Waals surface area contributed by atoms with E-state index in [-0.39, 0.29) is 6.42 Å². The van der Waals surface area contributed by atoms with Gasteiger partial charge < -0.3 is 125 Å². The summed E-state index contributed by atoms with van der Waals surface area (Å²) in [5.41, 5.74) is 0. The fourth-order valence-electron chi connectivity index (χ4n) is 7.70. The Morgan fingerprint density at radius 1 is 0.492 bits per heavy atom. The van der Waals surface area contributed by atoms with Crippen LogP contribution in [-0.2, 0) is 52.2 Å². The largest absolute Gasteiger partial charge is 0.394 e. The monoisotopic (exact) mass is 894 g/mol. The van der Waals surface area contributed by atoms with Crippen LogP contribution in [0.5, 0.6) is 0 Å². The molecule has 0 aromatic heterocycles. The SMILES string of the molecule is CC(=O)N[C@H]1[C@H](OC[C@H]2O[C@@H](O[C@H]3[C@H](O)[C@@H](O)[C@H](O)O[C@@H]3CO)[C@H](O)[C@@H](O[C@@H]3O[C@H](CO)[C@@H](O)[C@H](O[C@@H]4O[C@H](CO)C[C@H](O)[C@H]4O)[C@H]3NC(C)=O)[C@H]2O)O[C@H](CO)[C@@H](O)[C@@H]1O. The fraction of sp³-hybridized carbons (Fsp3) is 0.941. The molecule has 5 aliphatic rings. The Bertz CT molecular complexity index is 1410. The van der Waals surface area contributed by atoms with Crippen LogP contribution in [0.4, 0.5) is 0 Å². The average Bonchev–Trinajstić information content (AvgIpc) is 3.22. The predicted octanol–water partition coefficient (Wildman–Crippen LogP) is -10.6. The zero-order chi connectivity index (χ0) is 45.0. The fourth-order valence-corrected chi connectivity index (χ4v) is 7.70. The number of rotatable bonds is 15. The van der Waals surface area contributed by atoms with Crippen LogP contribution in [0.1, 0.15) is 20.3 Å². The third-order valence-corrected chi connectivity index (χ3v) is 11.0. The first kappa shape index (κ1) is 50.0. The van der Waals surface area contributed by atoms with Gasteiger partial charge in [0.25, 0.3) is 0 Å². The summed E-state index contributed by atoms with van der Waals surface area (Å²) in [5, 5.41) is 153. The van der Waals surface area contributed by atoms with Gasteiger partial charge in [0.05, 0.1) is 45.2 Å². The number of carbonyl (C=O) groups excluding carboxylic acids is 2. The molecule has 16 N–H and O–H groups in total. The van der Waals surface area contributed by atoms with Crippen LogP contribution in [0.2, 0.25) is 0 Å². The number of aliphatic hydroxyl groups is 14. The second-order valence-electron chi connectivity index (χ2n) is 15.4. The minimum Gasteiger partial charge on any atom is -0.394 e. The lowest BCUT2D eigenvalue weighted by molar-refractivity contribution is -0.381. The van der Waals surface area contributed by atoms with E-state index in [1.807, 2.05) is 0 Å². The predicted molar refractivity (Wildman–Crippen MR) is 188 cm³/mol. The summed E-state index contributed by atoms with van der Waals surface area (Å²) in [4.78, 5) is 24.6. The molecule has 0 aromatic rings. The average molecular weight is 895 g/mol. The Morgan fingerprint density at radius 2 is 1.02 bits per heavy atom. The zero-order valence-electron chi connectivity index (χ0n) is 32.9. The summed E-state index contributed by atoms with van der Waals surface area (Å²) in [7, 11) is 0. The van der Waals surface area contributed by atoms with E-state index in [0.717, 1.165) is 13.8 Å². The number of ether oxygens (including phenoxy) is 9. The standard InChI is InChI=1S/C34H58N2O25/c1-9(41)35-17-23(48)20(45)13(5-38)56-31(17)53-8-16-22(47)29(26(51)34(58-16)59-27-15(7-40)55-30(52)25(50)24(27)49)61-32-18(36-10(2)42)28(21(46)14(6-39)57-32)60-33-19(44)12(43)3-11(4-37)54-33/h11-34,37-40,43-52H,3-8H2,1-2H3,(H,35,41)(H,36,42)/t11-,12-,13+,14+,15+,16+,17+,18+,19+,20+,21+,22-,23+,24+,25+,26+,27+,28+,29-,30+,31+,32-,33-,34-/m0/s1. The number of hydrogen-bond donors (Lipinski definition) is 16. The van der Waals surface area contributed by atoms with Gasteiger partial charge in [0.1, 0.15) is 104 Å². The van der Waals surface area contributed by atoms with Gasteiger partial charge in [0.2, 0.25) is 11.8 Å². The van der Waals surface area contributed by atoms with E-state index >= 15 is 0 Å². The van der Waals surface area contributed by atoms with Crippen LogP contribution in [0.15, 0.2) is 0 Å². The number of nitrogens with one attached hydrogen (secondary N) is 2. The van der Waals surface area contributed by atoms with Gasteiger partial charge in [-0.1, -0.05) is 0 Å². The molecule has 5 saturated heterocycles. The molecule has 0 spiro atoms. The third kappa shape index (κ3) is 11.3. The lowest BCUT2D eigenvalue weighted by atomic mass is 9.94. The highest BCUT2D eigenvalue weighted by atomic mass is 16.8. The van der Waals surface area contributed by atoms with E-state index in [1.54, 1.807) is 0 Å².